The highest BCUT2D eigenvalue weighted by molar-refractivity contribution is 7.78. The molecule has 0 amide bonds. The van der Waals surface area contributed by atoms with Crippen molar-refractivity contribution in [3.63, 3.8) is 0 Å². The maximum atomic E-state index is 4.55. The summed E-state index contributed by atoms with van der Waals surface area (Å²) in [5.41, 5.74) is 1.73. The van der Waals surface area contributed by atoms with Gasteiger partial charge in [-0.25, -0.2) is 0 Å². The summed E-state index contributed by atoms with van der Waals surface area (Å²) < 4.78 is 0. The molecule has 1 aromatic rings. The van der Waals surface area contributed by atoms with E-state index in [9.17, 15) is 0 Å². The van der Waals surface area contributed by atoms with Crippen LogP contribution in [0.3, 0.4) is 0 Å². The van der Waals surface area contributed by atoms with Gasteiger partial charge >= 0.3 is 0 Å². The minimum Gasteiger partial charge on any atom is -0.256 e. The van der Waals surface area contributed by atoms with Gasteiger partial charge in [0.15, 0.2) is 0 Å². The Morgan fingerprint density at radius 3 is 2.42 bits per heavy atom. The molecule has 1 aromatic heterocycles. The van der Waals surface area contributed by atoms with Crippen molar-refractivity contribution in [1.82, 2.24) is 4.98 Å². The third-order valence-corrected chi connectivity index (χ3v) is 1.48. The molecule has 0 atom stereocenters. The Balaban J connectivity index is 2.99. The van der Waals surface area contributed by atoms with E-state index < -0.39 is 0 Å². The van der Waals surface area contributed by atoms with E-state index in [-0.39, 0.29) is 0 Å². The Bertz CT molecular complexity index is 318. The molecule has 0 spiro atoms. The Labute approximate surface area is 81.4 Å². The zero-order chi connectivity index (χ0) is 8.81. The smallest absolute Gasteiger partial charge is 0.0715 e. The van der Waals surface area contributed by atoms with Gasteiger partial charge in [-0.1, -0.05) is 6.07 Å². The van der Waals surface area contributed by atoms with Crippen molar-refractivity contribution >= 4 is 46.6 Å². The summed E-state index contributed by atoms with van der Waals surface area (Å²) in [6.07, 6.45) is 5.03. The molecular formula is C9H5NS2. The molecule has 0 aliphatic rings. The maximum absolute atomic E-state index is 4.55. The normalized spacial score (nSPS) is 8.00. The average molecular weight is 191 g/mol. The van der Waals surface area contributed by atoms with Crippen molar-refractivity contribution in [3.8, 4) is 0 Å². The van der Waals surface area contributed by atoms with Gasteiger partial charge in [-0.05, 0) is 40.5 Å². The van der Waals surface area contributed by atoms with Crippen LogP contribution in [0.4, 0.5) is 0 Å². The molecule has 0 fully saturated rings. The first kappa shape index (κ1) is 8.98. The van der Waals surface area contributed by atoms with Gasteiger partial charge in [0.1, 0.15) is 0 Å². The monoisotopic (exact) mass is 191 g/mol. The quantitative estimate of drug-likeness (QED) is 0.666. The SMILES string of the molecule is S=C=Cc1ccc(C=C=S)nc1. The van der Waals surface area contributed by atoms with Gasteiger partial charge in [-0.15, -0.1) is 0 Å². The lowest BCUT2D eigenvalue weighted by Gasteiger charge is -1.91. The van der Waals surface area contributed by atoms with E-state index in [1.165, 1.54) is 0 Å². The Hall–Kier alpha value is -1.11. The van der Waals surface area contributed by atoms with E-state index >= 15 is 0 Å². The summed E-state index contributed by atoms with van der Waals surface area (Å²) in [5.74, 6) is 0. The molecule has 0 aliphatic carbocycles. The van der Waals surface area contributed by atoms with Gasteiger partial charge in [-0.2, -0.15) is 0 Å². The molecule has 0 bridgehead atoms. The zero-order valence-electron chi connectivity index (χ0n) is 6.15. The average Bonchev–Trinajstić information content (AvgIpc) is 2.09. The highest BCUT2D eigenvalue weighted by Gasteiger charge is 1.87. The molecular weight excluding hydrogens is 186 g/mol. The fourth-order valence-electron chi connectivity index (χ4n) is 0.716. The molecule has 0 saturated carbocycles. The number of thiocarbonyl (C=S) groups is 2. The highest BCUT2D eigenvalue weighted by Crippen LogP contribution is 2.01. The Morgan fingerprint density at radius 2 is 1.92 bits per heavy atom. The lowest BCUT2D eigenvalue weighted by Crippen LogP contribution is -1.80. The van der Waals surface area contributed by atoms with Gasteiger partial charge in [0.25, 0.3) is 0 Å². The van der Waals surface area contributed by atoms with Crippen LogP contribution < -0.4 is 0 Å². The molecule has 58 valence electrons. The van der Waals surface area contributed by atoms with Crippen molar-refractivity contribution in [2.24, 2.45) is 0 Å². The van der Waals surface area contributed by atoms with Crippen molar-refractivity contribution in [2.75, 3.05) is 0 Å². The summed E-state index contributed by atoms with van der Waals surface area (Å²) in [5, 5.41) is 4.99. The number of hydrogen-bond acceptors (Lipinski definition) is 3. The predicted molar refractivity (Wildman–Crippen MR) is 58.4 cm³/mol. The summed E-state index contributed by atoms with van der Waals surface area (Å²) in [7, 11) is 0. The van der Waals surface area contributed by atoms with Crippen molar-refractivity contribution < 1.29 is 0 Å². The number of pyridine rings is 1. The van der Waals surface area contributed by atoms with E-state index in [0.29, 0.717) is 0 Å². The van der Waals surface area contributed by atoms with E-state index in [2.05, 4.69) is 39.5 Å². The van der Waals surface area contributed by atoms with Gasteiger partial charge in [0.05, 0.1) is 5.69 Å². The van der Waals surface area contributed by atoms with Crippen LogP contribution in [0.25, 0.3) is 12.2 Å². The number of nitrogens with zero attached hydrogens (tertiary/aromatic N) is 1. The van der Waals surface area contributed by atoms with Crippen LogP contribution >= 0.6 is 24.4 Å². The van der Waals surface area contributed by atoms with Gasteiger partial charge in [0.2, 0.25) is 0 Å². The second-order valence-electron chi connectivity index (χ2n) is 2.04. The van der Waals surface area contributed by atoms with Crippen LogP contribution in [0.5, 0.6) is 0 Å². The number of hydrogen-bond donors (Lipinski definition) is 0. The molecule has 0 radical (unpaired) electrons. The summed E-state index contributed by atoms with van der Waals surface area (Å²) >= 11 is 9.08. The van der Waals surface area contributed by atoms with Crippen LogP contribution in [0.15, 0.2) is 18.3 Å². The Kier molecular flexibility index (Phi) is 3.52. The molecule has 0 N–H and O–H groups in total. The van der Waals surface area contributed by atoms with Crippen molar-refractivity contribution in [2.45, 2.75) is 0 Å². The van der Waals surface area contributed by atoms with Crippen LogP contribution in [0.2, 0.25) is 0 Å². The van der Waals surface area contributed by atoms with Crippen LogP contribution in [0, 0.1) is 0 Å². The molecule has 12 heavy (non-hydrogen) atoms. The van der Waals surface area contributed by atoms with Crippen LogP contribution in [-0.4, -0.2) is 15.0 Å². The minimum absolute atomic E-state index is 0.798. The van der Waals surface area contributed by atoms with Gasteiger partial charge < -0.3 is 0 Å². The van der Waals surface area contributed by atoms with Gasteiger partial charge in [-0.3, -0.25) is 4.98 Å². The van der Waals surface area contributed by atoms with Crippen molar-refractivity contribution in [3.05, 3.63) is 29.6 Å². The molecule has 0 saturated heterocycles. The summed E-state index contributed by atoms with van der Waals surface area (Å²) in [4.78, 5) is 4.08. The Morgan fingerprint density at radius 1 is 1.17 bits per heavy atom. The van der Waals surface area contributed by atoms with E-state index in [0.717, 1.165) is 11.3 Å². The lowest BCUT2D eigenvalue weighted by atomic mass is 10.2. The number of aromatic nitrogens is 1. The van der Waals surface area contributed by atoms with E-state index in [1.807, 2.05) is 12.1 Å². The second-order valence-corrected chi connectivity index (χ2v) is 2.51. The molecule has 1 nitrogen and oxygen atoms in total. The number of rotatable bonds is 2. The fraction of sp³-hybridized carbons (Fsp3) is 0. The van der Waals surface area contributed by atoms with Gasteiger partial charge in [0, 0.05) is 23.9 Å². The molecule has 0 unspecified atom stereocenters. The maximum Gasteiger partial charge on any atom is 0.0715 e. The van der Waals surface area contributed by atoms with Crippen LogP contribution in [0.1, 0.15) is 11.3 Å². The third kappa shape index (κ3) is 2.50. The largest absolute Gasteiger partial charge is 0.256 e. The zero-order valence-corrected chi connectivity index (χ0v) is 7.78. The third-order valence-electron chi connectivity index (χ3n) is 1.24. The molecule has 0 aromatic carbocycles. The first-order valence-corrected chi connectivity index (χ1v) is 4.06. The molecule has 3 heteroatoms. The first-order valence-electron chi connectivity index (χ1n) is 3.24. The lowest BCUT2D eigenvalue weighted by molar-refractivity contribution is 1.29. The van der Waals surface area contributed by atoms with E-state index in [1.54, 1.807) is 18.3 Å². The fourth-order valence-corrected chi connectivity index (χ4v) is 0.973. The second kappa shape index (κ2) is 4.70. The summed E-state index contributed by atoms with van der Waals surface area (Å²) in [6.45, 7) is 0. The molecule has 1 rings (SSSR count). The van der Waals surface area contributed by atoms with Crippen LogP contribution in [-0.2, 0) is 0 Å². The minimum atomic E-state index is 0.798. The summed E-state index contributed by atoms with van der Waals surface area (Å²) in [6, 6.07) is 3.74. The van der Waals surface area contributed by atoms with E-state index in [4.69, 9.17) is 0 Å². The molecule has 1 heterocycles. The standard InChI is InChI=1S/C9H5NS2/c11-5-3-8-1-2-9(4-6-12)10-7-8/h1-4,7H. The first-order chi connectivity index (χ1) is 5.86. The topological polar surface area (TPSA) is 12.9 Å². The predicted octanol–water partition coefficient (Wildman–Crippen LogP) is 2.31. The molecule has 0 aliphatic heterocycles. The highest BCUT2D eigenvalue weighted by atomic mass is 32.1. The van der Waals surface area contributed by atoms with Crippen molar-refractivity contribution in [1.29, 1.82) is 0 Å².